The Morgan fingerprint density at radius 3 is 2.36 bits per heavy atom. The molecule has 0 bridgehead atoms. The van der Waals surface area contributed by atoms with Crippen LogP contribution in [0, 0.1) is 0 Å². The third-order valence-electron chi connectivity index (χ3n) is 4.02. The molecule has 1 N–H and O–H groups in total. The lowest BCUT2D eigenvalue weighted by molar-refractivity contribution is 0.0925. The molecule has 2 aromatic carbocycles. The smallest absolute Gasteiger partial charge is 0.287 e. The van der Waals surface area contributed by atoms with Crippen LogP contribution in [0.3, 0.4) is 0 Å². The number of furan rings is 1. The highest BCUT2D eigenvalue weighted by Gasteiger charge is 2.22. The van der Waals surface area contributed by atoms with Crippen molar-refractivity contribution in [2.24, 2.45) is 0 Å². The first-order valence-corrected chi connectivity index (χ1v) is 11.5. The molecule has 1 heterocycles. The molecule has 0 saturated heterocycles. The van der Waals surface area contributed by atoms with Gasteiger partial charge in [-0.05, 0) is 42.5 Å². The van der Waals surface area contributed by atoms with Crippen LogP contribution in [-0.4, -0.2) is 26.6 Å². The lowest BCUT2D eigenvalue weighted by Gasteiger charge is -2.07. The molecule has 0 saturated carbocycles. The van der Waals surface area contributed by atoms with E-state index < -0.39 is 15.7 Å². The Hall–Kier alpha value is -2.51. The molecule has 5 nitrogen and oxygen atoms in total. The number of rotatable bonds is 9. The van der Waals surface area contributed by atoms with E-state index in [1.807, 2.05) is 30.3 Å². The van der Waals surface area contributed by atoms with Crippen LogP contribution < -0.4 is 5.32 Å². The Kier molecular flexibility index (Phi) is 6.95. The molecular weight excluding hydrogens is 394 g/mol. The summed E-state index contributed by atoms with van der Waals surface area (Å²) in [4.78, 5) is 13.8. The maximum Gasteiger partial charge on any atom is 0.287 e. The van der Waals surface area contributed by atoms with Crippen molar-refractivity contribution in [3.05, 3.63) is 84.3 Å². The summed E-state index contributed by atoms with van der Waals surface area (Å²) < 4.78 is 30.3. The monoisotopic (exact) mass is 415 g/mol. The SMILES string of the molecule is O=C(NCCCSc1ccccc1)c1occc1CS(=O)(=O)c1ccccc1. The Morgan fingerprint density at radius 1 is 0.964 bits per heavy atom. The number of sulfone groups is 1. The standard InChI is InChI=1S/C21H21NO4S2/c23-21(22-13-7-15-27-18-8-3-1-4-9-18)20-17(12-14-26-20)16-28(24,25)19-10-5-2-6-11-19/h1-6,8-12,14H,7,13,15-16H2,(H,22,23). The minimum Gasteiger partial charge on any atom is -0.459 e. The molecule has 3 rings (SSSR count). The Morgan fingerprint density at radius 2 is 1.64 bits per heavy atom. The van der Waals surface area contributed by atoms with E-state index in [2.05, 4.69) is 5.32 Å². The van der Waals surface area contributed by atoms with Crippen LogP contribution in [0.4, 0.5) is 0 Å². The molecular formula is C21H21NO4S2. The average Bonchev–Trinajstić information content (AvgIpc) is 3.16. The van der Waals surface area contributed by atoms with E-state index in [1.165, 1.54) is 17.2 Å². The number of benzene rings is 2. The van der Waals surface area contributed by atoms with Crippen molar-refractivity contribution in [3.8, 4) is 0 Å². The average molecular weight is 416 g/mol. The Labute approximate surface area is 169 Å². The van der Waals surface area contributed by atoms with Crippen LogP contribution in [0.1, 0.15) is 22.5 Å². The van der Waals surface area contributed by atoms with E-state index in [0.717, 1.165) is 12.2 Å². The minimum absolute atomic E-state index is 0.0511. The van der Waals surface area contributed by atoms with E-state index in [4.69, 9.17) is 4.42 Å². The van der Waals surface area contributed by atoms with Crippen LogP contribution in [0.5, 0.6) is 0 Å². The van der Waals surface area contributed by atoms with Gasteiger partial charge in [0.15, 0.2) is 15.6 Å². The highest BCUT2D eigenvalue weighted by Crippen LogP contribution is 2.20. The second-order valence-electron chi connectivity index (χ2n) is 6.12. The zero-order chi connectivity index (χ0) is 19.8. The number of nitrogens with one attached hydrogen (secondary N) is 1. The van der Waals surface area contributed by atoms with Gasteiger partial charge >= 0.3 is 0 Å². The molecule has 0 atom stereocenters. The number of carbonyl (C=O) groups is 1. The van der Waals surface area contributed by atoms with E-state index in [-0.39, 0.29) is 16.4 Å². The molecule has 1 amide bonds. The summed E-state index contributed by atoms with van der Waals surface area (Å²) in [6.45, 7) is 0.490. The van der Waals surface area contributed by atoms with Gasteiger partial charge in [-0.1, -0.05) is 36.4 Å². The van der Waals surface area contributed by atoms with Gasteiger partial charge in [0.1, 0.15) is 0 Å². The van der Waals surface area contributed by atoms with Gasteiger partial charge < -0.3 is 9.73 Å². The number of carbonyl (C=O) groups excluding carboxylic acids is 1. The van der Waals surface area contributed by atoms with Crippen LogP contribution in [0.15, 0.2) is 87.2 Å². The van der Waals surface area contributed by atoms with Gasteiger partial charge in [-0.3, -0.25) is 4.79 Å². The fraction of sp³-hybridized carbons (Fsp3) is 0.190. The molecule has 7 heteroatoms. The fourth-order valence-electron chi connectivity index (χ4n) is 2.63. The second-order valence-corrected chi connectivity index (χ2v) is 9.28. The Bertz CT molecular complexity index is 999. The first-order chi connectivity index (χ1) is 13.6. The van der Waals surface area contributed by atoms with Gasteiger partial charge in [0.05, 0.1) is 16.9 Å². The van der Waals surface area contributed by atoms with Crippen molar-refractivity contribution in [3.63, 3.8) is 0 Å². The quantitative estimate of drug-likeness (QED) is 0.419. The summed E-state index contributed by atoms with van der Waals surface area (Å²) in [5, 5.41) is 2.80. The summed E-state index contributed by atoms with van der Waals surface area (Å²) in [6.07, 6.45) is 2.14. The van der Waals surface area contributed by atoms with Crippen LogP contribution >= 0.6 is 11.8 Å². The van der Waals surface area contributed by atoms with E-state index >= 15 is 0 Å². The third kappa shape index (κ3) is 5.50. The minimum atomic E-state index is -3.54. The predicted molar refractivity (Wildman–Crippen MR) is 110 cm³/mol. The molecule has 1 aromatic heterocycles. The summed E-state index contributed by atoms with van der Waals surface area (Å²) >= 11 is 1.72. The van der Waals surface area contributed by atoms with Crippen molar-refractivity contribution in [2.75, 3.05) is 12.3 Å². The number of hydrogen-bond acceptors (Lipinski definition) is 5. The van der Waals surface area contributed by atoms with Gasteiger partial charge in [-0.2, -0.15) is 0 Å². The summed E-state index contributed by atoms with van der Waals surface area (Å²) in [5.41, 5.74) is 0.361. The first-order valence-electron chi connectivity index (χ1n) is 8.86. The summed E-state index contributed by atoms with van der Waals surface area (Å²) in [7, 11) is -3.54. The third-order valence-corrected chi connectivity index (χ3v) is 6.80. The normalized spacial score (nSPS) is 11.3. The van der Waals surface area contributed by atoms with Crippen molar-refractivity contribution in [1.82, 2.24) is 5.32 Å². The van der Waals surface area contributed by atoms with Crippen molar-refractivity contribution in [1.29, 1.82) is 0 Å². The van der Waals surface area contributed by atoms with Crippen molar-refractivity contribution >= 4 is 27.5 Å². The first kappa shape index (κ1) is 20.2. The highest BCUT2D eigenvalue weighted by molar-refractivity contribution is 7.99. The van der Waals surface area contributed by atoms with Gasteiger partial charge in [0.2, 0.25) is 0 Å². The lowest BCUT2D eigenvalue weighted by Crippen LogP contribution is -2.25. The van der Waals surface area contributed by atoms with Gasteiger partial charge in [0.25, 0.3) is 5.91 Å². The summed E-state index contributed by atoms with van der Waals surface area (Å²) in [6, 6.07) is 19.8. The molecule has 28 heavy (non-hydrogen) atoms. The van der Waals surface area contributed by atoms with Crippen LogP contribution in [0.2, 0.25) is 0 Å². The Balaban J connectivity index is 1.52. The van der Waals surface area contributed by atoms with Crippen LogP contribution in [-0.2, 0) is 15.6 Å². The zero-order valence-electron chi connectivity index (χ0n) is 15.2. The molecule has 0 radical (unpaired) electrons. The molecule has 0 aliphatic heterocycles. The maximum absolute atomic E-state index is 12.5. The fourth-order valence-corrected chi connectivity index (χ4v) is 4.87. The number of amides is 1. The van der Waals surface area contributed by atoms with Crippen molar-refractivity contribution < 1.29 is 17.6 Å². The molecule has 0 spiro atoms. The molecule has 0 unspecified atom stereocenters. The molecule has 146 valence electrons. The number of hydrogen-bond donors (Lipinski definition) is 1. The second kappa shape index (κ2) is 9.61. The van der Waals surface area contributed by atoms with E-state index in [9.17, 15) is 13.2 Å². The van der Waals surface area contributed by atoms with Gasteiger partial charge in [0, 0.05) is 17.0 Å². The molecule has 3 aromatic rings. The molecule has 0 fully saturated rings. The van der Waals surface area contributed by atoms with Crippen LogP contribution in [0.25, 0.3) is 0 Å². The largest absolute Gasteiger partial charge is 0.459 e. The summed E-state index contributed by atoms with van der Waals surface area (Å²) in [5.74, 6) is 0.251. The van der Waals surface area contributed by atoms with E-state index in [0.29, 0.717) is 12.1 Å². The van der Waals surface area contributed by atoms with Crippen molar-refractivity contribution in [2.45, 2.75) is 22.0 Å². The predicted octanol–water partition coefficient (Wildman–Crippen LogP) is 4.17. The molecule has 0 aliphatic rings. The van der Waals surface area contributed by atoms with E-state index in [1.54, 1.807) is 42.1 Å². The maximum atomic E-state index is 12.5. The van der Waals surface area contributed by atoms with Gasteiger partial charge in [-0.15, -0.1) is 11.8 Å². The van der Waals surface area contributed by atoms with Gasteiger partial charge in [-0.25, -0.2) is 8.42 Å². The number of thioether (sulfide) groups is 1. The zero-order valence-corrected chi connectivity index (χ0v) is 16.8. The molecule has 0 aliphatic carbocycles. The highest BCUT2D eigenvalue weighted by atomic mass is 32.2. The topological polar surface area (TPSA) is 76.4 Å². The lowest BCUT2D eigenvalue weighted by atomic mass is 10.2.